The van der Waals surface area contributed by atoms with E-state index in [-0.39, 0.29) is 12.4 Å². The van der Waals surface area contributed by atoms with Crippen molar-refractivity contribution in [3.8, 4) is 5.75 Å². The first-order chi connectivity index (χ1) is 6.31. The SMILES string of the molecule is COc1cccc2c1C[C@@H](N)CC2.Cl. The van der Waals surface area contributed by atoms with E-state index in [2.05, 4.69) is 12.1 Å². The number of nitrogens with two attached hydrogens (primary N) is 1. The van der Waals surface area contributed by atoms with Gasteiger partial charge in [-0.1, -0.05) is 12.1 Å². The van der Waals surface area contributed by atoms with Gasteiger partial charge in [0.2, 0.25) is 0 Å². The maximum Gasteiger partial charge on any atom is 0.122 e. The normalized spacial score (nSPS) is 19.4. The molecule has 0 saturated carbocycles. The Kier molecular flexibility index (Phi) is 3.78. The van der Waals surface area contributed by atoms with Crippen molar-refractivity contribution < 1.29 is 4.74 Å². The Bertz CT molecular complexity index is 300. The number of rotatable bonds is 1. The van der Waals surface area contributed by atoms with Crippen molar-refractivity contribution in [3.05, 3.63) is 29.3 Å². The highest BCUT2D eigenvalue weighted by Crippen LogP contribution is 2.28. The molecule has 3 heteroatoms. The third-order valence-electron chi connectivity index (χ3n) is 2.70. The molecule has 1 aromatic carbocycles. The maximum absolute atomic E-state index is 5.92. The largest absolute Gasteiger partial charge is 0.496 e. The summed E-state index contributed by atoms with van der Waals surface area (Å²) in [4.78, 5) is 0. The molecule has 0 saturated heterocycles. The number of benzene rings is 1. The van der Waals surface area contributed by atoms with E-state index < -0.39 is 0 Å². The van der Waals surface area contributed by atoms with E-state index in [0.29, 0.717) is 6.04 Å². The second-order valence-electron chi connectivity index (χ2n) is 3.60. The molecule has 0 spiro atoms. The Morgan fingerprint density at radius 3 is 2.93 bits per heavy atom. The molecule has 1 aliphatic carbocycles. The minimum atomic E-state index is 0. The van der Waals surface area contributed by atoms with Crippen molar-refractivity contribution in [3.63, 3.8) is 0 Å². The zero-order chi connectivity index (χ0) is 9.26. The summed E-state index contributed by atoms with van der Waals surface area (Å²) in [6.07, 6.45) is 3.15. The molecule has 0 aliphatic heterocycles. The molecule has 78 valence electrons. The third-order valence-corrected chi connectivity index (χ3v) is 2.70. The van der Waals surface area contributed by atoms with Gasteiger partial charge in [-0.25, -0.2) is 0 Å². The van der Waals surface area contributed by atoms with Gasteiger partial charge < -0.3 is 10.5 Å². The highest BCUT2D eigenvalue weighted by Gasteiger charge is 2.18. The van der Waals surface area contributed by atoms with Crippen LogP contribution in [0.4, 0.5) is 0 Å². The van der Waals surface area contributed by atoms with Gasteiger partial charge in [0.15, 0.2) is 0 Å². The number of ether oxygens (including phenoxy) is 1. The minimum absolute atomic E-state index is 0. The Balaban J connectivity index is 0.000000980. The van der Waals surface area contributed by atoms with Crippen LogP contribution in [0.2, 0.25) is 0 Å². The van der Waals surface area contributed by atoms with Crippen LogP contribution >= 0.6 is 12.4 Å². The van der Waals surface area contributed by atoms with Gasteiger partial charge in [-0.15, -0.1) is 12.4 Å². The van der Waals surface area contributed by atoms with Gasteiger partial charge in [0.05, 0.1) is 7.11 Å². The zero-order valence-electron chi connectivity index (χ0n) is 8.32. The Hall–Kier alpha value is -0.730. The first kappa shape index (κ1) is 11.3. The predicted octanol–water partition coefficient (Wildman–Crippen LogP) is 1.93. The molecule has 2 N–H and O–H groups in total. The highest BCUT2D eigenvalue weighted by molar-refractivity contribution is 5.85. The van der Waals surface area contributed by atoms with Crippen LogP contribution in [0.5, 0.6) is 5.75 Å². The lowest BCUT2D eigenvalue weighted by atomic mass is 9.88. The molecule has 0 aromatic heterocycles. The molecule has 0 amide bonds. The van der Waals surface area contributed by atoms with Crippen LogP contribution in [0.25, 0.3) is 0 Å². The van der Waals surface area contributed by atoms with E-state index in [1.807, 2.05) is 6.07 Å². The summed E-state index contributed by atoms with van der Waals surface area (Å²) in [5.41, 5.74) is 8.63. The number of fused-ring (bicyclic) bond motifs is 1. The van der Waals surface area contributed by atoms with Crippen LogP contribution in [0.15, 0.2) is 18.2 Å². The molecule has 0 heterocycles. The zero-order valence-corrected chi connectivity index (χ0v) is 9.14. The number of methoxy groups -OCH3 is 1. The van der Waals surface area contributed by atoms with E-state index >= 15 is 0 Å². The summed E-state index contributed by atoms with van der Waals surface area (Å²) in [5, 5.41) is 0. The fourth-order valence-corrected chi connectivity index (χ4v) is 1.97. The summed E-state index contributed by atoms with van der Waals surface area (Å²) in [6.45, 7) is 0. The quantitative estimate of drug-likeness (QED) is 0.774. The molecule has 1 atom stereocenters. The van der Waals surface area contributed by atoms with Gasteiger partial charge in [0, 0.05) is 6.04 Å². The summed E-state index contributed by atoms with van der Waals surface area (Å²) >= 11 is 0. The average Bonchev–Trinajstić information content (AvgIpc) is 2.17. The van der Waals surface area contributed by atoms with Crippen LogP contribution in [0.3, 0.4) is 0 Å². The molecule has 0 radical (unpaired) electrons. The number of hydrogen-bond acceptors (Lipinski definition) is 2. The highest BCUT2D eigenvalue weighted by atomic mass is 35.5. The Morgan fingerprint density at radius 1 is 1.43 bits per heavy atom. The van der Waals surface area contributed by atoms with Crippen molar-refractivity contribution in [2.45, 2.75) is 25.3 Å². The van der Waals surface area contributed by atoms with Crippen molar-refractivity contribution >= 4 is 12.4 Å². The third kappa shape index (κ3) is 2.02. The molecule has 2 nitrogen and oxygen atoms in total. The second kappa shape index (κ2) is 4.67. The maximum atomic E-state index is 5.92. The summed E-state index contributed by atoms with van der Waals surface area (Å²) in [6, 6.07) is 6.54. The lowest BCUT2D eigenvalue weighted by Crippen LogP contribution is -2.28. The number of halogens is 1. The van der Waals surface area contributed by atoms with Crippen molar-refractivity contribution in [1.29, 1.82) is 0 Å². The first-order valence-corrected chi connectivity index (χ1v) is 4.71. The van der Waals surface area contributed by atoms with Gasteiger partial charge in [0.1, 0.15) is 5.75 Å². The van der Waals surface area contributed by atoms with E-state index in [0.717, 1.165) is 25.0 Å². The van der Waals surface area contributed by atoms with Crippen molar-refractivity contribution in [2.75, 3.05) is 7.11 Å². The van der Waals surface area contributed by atoms with Gasteiger partial charge in [-0.05, 0) is 36.5 Å². The molecule has 2 rings (SSSR count). The second-order valence-corrected chi connectivity index (χ2v) is 3.60. The number of hydrogen-bond donors (Lipinski definition) is 1. The molecule has 14 heavy (non-hydrogen) atoms. The van der Waals surface area contributed by atoms with Gasteiger partial charge >= 0.3 is 0 Å². The average molecular weight is 214 g/mol. The molecular formula is C11H16ClNO. The van der Waals surface area contributed by atoms with E-state index in [1.165, 1.54) is 11.1 Å². The topological polar surface area (TPSA) is 35.2 Å². The van der Waals surface area contributed by atoms with E-state index in [9.17, 15) is 0 Å². The van der Waals surface area contributed by atoms with Crippen molar-refractivity contribution in [2.24, 2.45) is 5.73 Å². The molecule has 1 aliphatic rings. The fourth-order valence-electron chi connectivity index (χ4n) is 1.97. The van der Waals surface area contributed by atoms with Crippen LogP contribution < -0.4 is 10.5 Å². The van der Waals surface area contributed by atoms with Gasteiger partial charge in [0.25, 0.3) is 0 Å². The summed E-state index contributed by atoms with van der Waals surface area (Å²) in [7, 11) is 1.72. The minimum Gasteiger partial charge on any atom is -0.496 e. The first-order valence-electron chi connectivity index (χ1n) is 4.71. The van der Waals surface area contributed by atoms with E-state index in [1.54, 1.807) is 7.11 Å². The van der Waals surface area contributed by atoms with Crippen LogP contribution in [0, 0.1) is 0 Å². The fraction of sp³-hybridized carbons (Fsp3) is 0.455. The molecular weight excluding hydrogens is 198 g/mol. The Morgan fingerprint density at radius 2 is 2.21 bits per heavy atom. The van der Waals surface area contributed by atoms with Gasteiger partial charge in [-0.2, -0.15) is 0 Å². The molecule has 1 aromatic rings. The smallest absolute Gasteiger partial charge is 0.122 e. The standard InChI is InChI=1S/C11H15NO.ClH/c1-13-11-4-2-3-8-5-6-9(12)7-10(8)11;/h2-4,9H,5-7,12H2,1H3;1H/t9-;/m0./s1. The summed E-state index contributed by atoms with van der Waals surface area (Å²) < 4.78 is 5.31. The number of aryl methyl sites for hydroxylation is 1. The molecule has 0 unspecified atom stereocenters. The van der Waals surface area contributed by atoms with Crippen LogP contribution in [0.1, 0.15) is 17.5 Å². The lowest BCUT2D eigenvalue weighted by molar-refractivity contribution is 0.403. The van der Waals surface area contributed by atoms with E-state index in [4.69, 9.17) is 10.5 Å². The molecule has 0 bridgehead atoms. The predicted molar refractivity (Wildman–Crippen MR) is 60.2 cm³/mol. The lowest BCUT2D eigenvalue weighted by Gasteiger charge is -2.23. The van der Waals surface area contributed by atoms with Crippen molar-refractivity contribution in [1.82, 2.24) is 0 Å². The monoisotopic (exact) mass is 213 g/mol. The van der Waals surface area contributed by atoms with Gasteiger partial charge in [-0.3, -0.25) is 0 Å². The summed E-state index contributed by atoms with van der Waals surface area (Å²) in [5.74, 6) is 0.993. The Labute approximate surface area is 90.9 Å². The van der Waals surface area contributed by atoms with Crippen LogP contribution in [-0.2, 0) is 12.8 Å². The molecule has 0 fully saturated rings. The van der Waals surface area contributed by atoms with Crippen LogP contribution in [-0.4, -0.2) is 13.2 Å².